The summed E-state index contributed by atoms with van der Waals surface area (Å²) in [6, 6.07) is 0.159. The van der Waals surface area contributed by atoms with Crippen LogP contribution in [-0.4, -0.2) is 52.7 Å². The lowest BCUT2D eigenvalue weighted by Gasteiger charge is -2.26. The molecule has 22 heavy (non-hydrogen) atoms. The van der Waals surface area contributed by atoms with Crippen LogP contribution in [0.4, 0.5) is 10.7 Å². The molecule has 2 rings (SSSR count). The zero-order chi connectivity index (χ0) is 16.5. The highest BCUT2D eigenvalue weighted by atomic mass is 35.5. The lowest BCUT2D eigenvalue weighted by atomic mass is 10.2. The van der Waals surface area contributed by atoms with Gasteiger partial charge in [0.15, 0.2) is 0 Å². The molecule has 0 N–H and O–H groups in total. The Bertz CT molecular complexity index is 559. The third-order valence-corrected chi connectivity index (χ3v) is 3.96. The van der Waals surface area contributed by atoms with Gasteiger partial charge in [-0.15, -0.1) is 0 Å². The molecular weight excluding hydrogens is 304 g/mol. The predicted octanol–water partition coefficient (Wildman–Crippen LogP) is 2.88. The Kier molecular flexibility index (Phi) is 4.80. The molecule has 1 atom stereocenters. The molecule has 0 aliphatic carbocycles. The number of anilines is 1. The first-order valence-electron chi connectivity index (χ1n) is 7.37. The fourth-order valence-corrected chi connectivity index (χ4v) is 2.42. The molecule has 0 bridgehead atoms. The standard InChI is InChI=1S/C15H23ClN4O2/c1-10-8-17-13(18-12(10)16)19(5)11-6-7-20(9-11)14(21)22-15(2,3)4/h8,11H,6-7,9H2,1-5H3/t11-/m1/s1. The Labute approximate surface area is 136 Å². The summed E-state index contributed by atoms with van der Waals surface area (Å²) >= 11 is 6.05. The van der Waals surface area contributed by atoms with E-state index in [0.29, 0.717) is 24.2 Å². The molecule has 0 saturated carbocycles. The smallest absolute Gasteiger partial charge is 0.410 e. The number of aryl methyl sites for hydroxylation is 1. The number of likely N-dealkylation sites (tertiary alicyclic amines) is 1. The van der Waals surface area contributed by atoms with E-state index < -0.39 is 5.60 Å². The fraction of sp³-hybridized carbons (Fsp3) is 0.667. The van der Waals surface area contributed by atoms with Crippen molar-refractivity contribution in [3.8, 4) is 0 Å². The van der Waals surface area contributed by atoms with Gasteiger partial charge in [-0.2, -0.15) is 0 Å². The molecule has 122 valence electrons. The number of nitrogens with zero attached hydrogens (tertiary/aromatic N) is 4. The van der Waals surface area contributed by atoms with Crippen LogP contribution >= 0.6 is 11.6 Å². The maximum atomic E-state index is 12.1. The van der Waals surface area contributed by atoms with Crippen molar-refractivity contribution in [1.82, 2.24) is 14.9 Å². The van der Waals surface area contributed by atoms with E-state index in [1.54, 1.807) is 11.1 Å². The summed E-state index contributed by atoms with van der Waals surface area (Å²) < 4.78 is 5.41. The summed E-state index contributed by atoms with van der Waals surface area (Å²) in [7, 11) is 1.92. The molecule has 1 aliphatic heterocycles. The molecule has 0 radical (unpaired) electrons. The van der Waals surface area contributed by atoms with Crippen LogP contribution < -0.4 is 4.90 Å². The van der Waals surface area contributed by atoms with Gasteiger partial charge in [0, 0.05) is 31.9 Å². The Morgan fingerprint density at radius 3 is 2.77 bits per heavy atom. The van der Waals surface area contributed by atoms with Crippen molar-refractivity contribution in [3.63, 3.8) is 0 Å². The van der Waals surface area contributed by atoms with Gasteiger partial charge in [-0.05, 0) is 34.1 Å². The monoisotopic (exact) mass is 326 g/mol. The second-order valence-electron chi connectivity index (χ2n) is 6.62. The van der Waals surface area contributed by atoms with Crippen molar-refractivity contribution in [3.05, 3.63) is 16.9 Å². The minimum atomic E-state index is -0.478. The van der Waals surface area contributed by atoms with Crippen molar-refractivity contribution in [2.75, 3.05) is 25.0 Å². The summed E-state index contributed by atoms with van der Waals surface area (Å²) in [4.78, 5) is 24.4. The van der Waals surface area contributed by atoms with Gasteiger partial charge in [-0.1, -0.05) is 11.6 Å². The molecule has 0 aromatic carbocycles. The molecule has 2 heterocycles. The van der Waals surface area contributed by atoms with Gasteiger partial charge in [0.25, 0.3) is 0 Å². The Balaban J connectivity index is 2.00. The molecule has 1 aliphatic rings. The van der Waals surface area contributed by atoms with E-state index in [-0.39, 0.29) is 12.1 Å². The van der Waals surface area contributed by atoms with E-state index in [4.69, 9.17) is 16.3 Å². The van der Waals surface area contributed by atoms with Crippen LogP contribution in [0.25, 0.3) is 0 Å². The van der Waals surface area contributed by atoms with Crippen molar-refractivity contribution < 1.29 is 9.53 Å². The fourth-order valence-electron chi connectivity index (χ4n) is 2.30. The van der Waals surface area contributed by atoms with E-state index in [0.717, 1.165) is 12.0 Å². The number of likely N-dealkylation sites (N-methyl/N-ethyl adjacent to an activating group) is 1. The third-order valence-electron chi connectivity index (χ3n) is 3.58. The number of ether oxygens (including phenoxy) is 1. The van der Waals surface area contributed by atoms with Crippen molar-refractivity contribution in [2.24, 2.45) is 0 Å². The van der Waals surface area contributed by atoms with Crippen LogP contribution in [0.3, 0.4) is 0 Å². The van der Waals surface area contributed by atoms with E-state index in [9.17, 15) is 4.79 Å². The van der Waals surface area contributed by atoms with E-state index in [1.165, 1.54) is 0 Å². The minimum Gasteiger partial charge on any atom is -0.444 e. The Hall–Kier alpha value is -1.56. The van der Waals surface area contributed by atoms with Gasteiger partial charge in [0.05, 0.1) is 6.04 Å². The first-order chi connectivity index (χ1) is 10.2. The van der Waals surface area contributed by atoms with Gasteiger partial charge in [0.1, 0.15) is 10.8 Å². The van der Waals surface area contributed by atoms with Crippen molar-refractivity contribution in [2.45, 2.75) is 45.8 Å². The third kappa shape index (κ3) is 4.00. The number of carbonyl (C=O) groups is 1. The van der Waals surface area contributed by atoms with Gasteiger partial charge in [-0.25, -0.2) is 14.8 Å². The first kappa shape index (κ1) is 16.8. The number of hydrogen-bond donors (Lipinski definition) is 0. The number of rotatable bonds is 2. The van der Waals surface area contributed by atoms with Crippen LogP contribution in [0.5, 0.6) is 0 Å². The summed E-state index contributed by atoms with van der Waals surface area (Å²) in [5.41, 5.74) is 0.370. The molecule has 1 saturated heterocycles. The summed E-state index contributed by atoms with van der Waals surface area (Å²) in [6.07, 6.45) is 2.29. The maximum Gasteiger partial charge on any atom is 0.410 e. The normalized spacial score (nSPS) is 18.5. The second kappa shape index (κ2) is 6.28. The molecular formula is C15H23ClN4O2. The maximum absolute atomic E-state index is 12.1. The Morgan fingerprint density at radius 2 is 2.18 bits per heavy atom. The molecule has 0 unspecified atom stereocenters. The van der Waals surface area contributed by atoms with Gasteiger partial charge in [0.2, 0.25) is 5.95 Å². The van der Waals surface area contributed by atoms with Crippen LogP contribution in [0.15, 0.2) is 6.20 Å². The lowest BCUT2D eigenvalue weighted by Crippen LogP contribution is -2.39. The quantitative estimate of drug-likeness (QED) is 0.782. The minimum absolute atomic E-state index is 0.159. The van der Waals surface area contributed by atoms with Gasteiger partial charge in [-0.3, -0.25) is 0 Å². The molecule has 0 spiro atoms. The lowest BCUT2D eigenvalue weighted by molar-refractivity contribution is 0.0292. The largest absolute Gasteiger partial charge is 0.444 e. The number of amides is 1. The van der Waals surface area contributed by atoms with E-state index in [2.05, 4.69) is 9.97 Å². The van der Waals surface area contributed by atoms with Crippen molar-refractivity contribution in [1.29, 1.82) is 0 Å². The average Bonchev–Trinajstić information content (AvgIpc) is 2.89. The number of halogens is 1. The van der Waals surface area contributed by atoms with Gasteiger partial charge < -0.3 is 14.5 Å². The molecule has 1 aromatic heterocycles. The Morgan fingerprint density at radius 1 is 1.50 bits per heavy atom. The topological polar surface area (TPSA) is 58.6 Å². The average molecular weight is 327 g/mol. The van der Waals surface area contributed by atoms with Crippen molar-refractivity contribution >= 4 is 23.6 Å². The van der Waals surface area contributed by atoms with E-state index in [1.807, 2.05) is 39.6 Å². The molecule has 7 heteroatoms. The predicted molar refractivity (Wildman–Crippen MR) is 86.4 cm³/mol. The SMILES string of the molecule is Cc1cnc(N(C)[C@@H]2CCN(C(=O)OC(C)(C)C)C2)nc1Cl. The van der Waals surface area contributed by atoms with Crippen LogP contribution in [0.2, 0.25) is 5.15 Å². The molecule has 1 aromatic rings. The molecule has 1 amide bonds. The molecule has 6 nitrogen and oxygen atoms in total. The summed E-state index contributed by atoms with van der Waals surface area (Å²) in [5, 5.41) is 0.457. The number of aromatic nitrogens is 2. The number of carbonyl (C=O) groups excluding carboxylic acids is 1. The second-order valence-corrected chi connectivity index (χ2v) is 6.98. The van der Waals surface area contributed by atoms with E-state index >= 15 is 0 Å². The number of hydrogen-bond acceptors (Lipinski definition) is 5. The molecule has 1 fully saturated rings. The first-order valence-corrected chi connectivity index (χ1v) is 7.75. The van der Waals surface area contributed by atoms with Crippen LogP contribution in [0, 0.1) is 6.92 Å². The van der Waals surface area contributed by atoms with Gasteiger partial charge >= 0.3 is 6.09 Å². The highest BCUT2D eigenvalue weighted by molar-refractivity contribution is 6.30. The summed E-state index contributed by atoms with van der Waals surface area (Å²) in [6.45, 7) is 8.74. The zero-order valence-electron chi connectivity index (χ0n) is 13.8. The van der Waals surface area contributed by atoms with Crippen LogP contribution in [-0.2, 0) is 4.74 Å². The zero-order valence-corrected chi connectivity index (χ0v) is 14.5. The highest BCUT2D eigenvalue weighted by Gasteiger charge is 2.32. The van der Waals surface area contributed by atoms with Crippen LogP contribution in [0.1, 0.15) is 32.8 Å². The highest BCUT2D eigenvalue weighted by Crippen LogP contribution is 2.22. The summed E-state index contributed by atoms with van der Waals surface area (Å²) in [5.74, 6) is 0.576.